The molecule has 1 aromatic carbocycles. The molecule has 3 rings (SSSR count). The van der Waals surface area contributed by atoms with Crippen molar-refractivity contribution < 1.29 is 14.6 Å². The van der Waals surface area contributed by atoms with Gasteiger partial charge in [-0.2, -0.15) is 0 Å². The molecule has 1 aliphatic carbocycles. The highest BCUT2D eigenvalue weighted by atomic mass is 16.5. The topological polar surface area (TPSA) is 49.8 Å². The van der Waals surface area contributed by atoms with Gasteiger partial charge in [0, 0.05) is 19.6 Å². The van der Waals surface area contributed by atoms with Crippen LogP contribution in [-0.4, -0.2) is 41.7 Å². The van der Waals surface area contributed by atoms with Crippen molar-refractivity contribution in [2.24, 2.45) is 17.8 Å². The normalized spacial score (nSPS) is 21.7. The average molecular weight is 357 g/mol. The van der Waals surface area contributed by atoms with Gasteiger partial charge in [0.2, 0.25) is 0 Å². The number of benzene rings is 1. The van der Waals surface area contributed by atoms with E-state index >= 15 is 0 Å². The number of ether oxygens (including phenoxy) is 1. The summed E-state index contributed by atoms with van der Waals surface area (Å²) < 4.78 is 6.09. The fourth-order valence-corrected chi connectivity index (χ4v) is 4.04. The lowest BCUT2D eigenvalue weighted by Gasteiger charge is -2.38. The van der Waals surface area contributed by atoms with Crippen molar-refractivity contribution in [1.29, 1.82) is 0 Å². The molecule has 1 saturated heterocycles. The summed E-state index contributed by atoms with van der Waals surface area (Å²) >= 11 is 0. The quantitative estimate of drug-likeness (QED) is 0.798. The molecule has 0 spiro atoms. The monoisotopic (exact) mass is 357 g/mol. The molecular formula is C22H31NO3. The third-order valence-corrected chi connectivity index (χ3v) is 5.47. The Balaban J connectivity index is 1.64. The number of carboxylic acids is 1. The summed E-state index contributed by atoms with van der Waals surface area (Å²) in [5.41, 5.74) is 4.03. The van der Waals surface area contributed by atoms with Gasteiger partial charge in [0.15, 0.2) is 0 Å². The van der Waals surface area contributed by atoms with E-state index in [0.29, 0.717) is 24.9 Å². The zero-order valence-electron chi connectivity index (χ0n) is 16.4. The molecule has 26 heavy (non-hydrogen) atoms. The fourth-order valence-electron chi connectivity index (χ4n) is 4.04. The Bertz CT molecular complexity index is 689. The Hall–Kier alpha value is -1.81. The molecule has 2 aliphatic rings. The molecule has 4 nitrogen and oxygen atoms in total. The average Bonchev–Trinajstić information content (AvgIpc) is 2.49. The van der Waals surface area contributed by atoms with Crippen LogP contribution >= 0.6 is 0 Å². The van der Waals surface area contributed by atoms with E-state index in [1.807, 2.05) is 0 Å². The predicted molar refractivity (Wildman–Crippen MR) is 104 cm³/mol. The van der Waals surface area contributed by atoms with E-state index in [4.69, 9.17) is 9.84 Å². The molecule has 0 aromatic heterocycles. The number of carbonyl (C=O) groups is 1. The first-order valence-corrected chi connectivity index (χ1v) is 9.77. The lowest BCUT2D eigenvalue weighted by Crippen LogP contribution is -2.51. The first kappa shape index (κ1) is 19.0. The van der Waals surface area contributed by atoms with Gasteiger partial charge in [0.25, 0.3) is 0 Å². The zero-order valence-corrected chi connectivity index (χ0v) is 16.4. The van der Waals surface area contributed by atoms with E-state index in [-0.39, 0.29) is 12.0 Å². The second-order valence-corrected chi connectivity index (χ2v) is 8.47. The number of hydrogen-bond acceptors (Lipinski definition) is 3. The molecule has 1 fully saturated rings. The number of fused-ring (bicyclic) bond motifs is 1. The molecule has 0 radical (unpaired) electrons. The van der Waals surface area contributed by atoms with Gasteiger partial charge in [-0.05, 0) is 54.9 Å². The smallest absolute Gasteiger partial charge is 0.309 e. The van der Waals surface area contributed by atoms with Crippen molar-refractivity contribution in [3.8, 4) is 5.75 Å². The largest absolute Gasteiger partial charge is 0.491 e. The number of nitrogens with zero attached hydrogens (tertiary/aromatic N) is 1. The van der Waals surface area contributed by atoms with Crippen LogP contribution in [0, 0.1) is 17.8 Å². The summed E-state index contributed by atoms with van der Waals surface area (Å²) in [6.45, 7) is 11.1. The molecule has 2 atom stereocenters. The molecule has 0 saturated carbocycles. The summed E-state index contributed by atoms with van der Waals surface area (Å²) in [7, 11) is 0. The molecule has 1 N–H and O–H groups in total. The van der Waals surface area contributed by atoms with Gasteiger partial charge in [-0.25, -0.2) is 0 Å². The van der Waals surface area contributed by atoms with Gasteiger partial charge in [0.05, 0.1) is 12.0 Å². The van der Waals surface area contributed by atoms with Crippen molar-refractivity contribution in [2.45, 2.75) is 46.6 Å². The Morgan fingerprint density at radius 3 is 2.69 bits per heavy atom. The number of carboxylic acid groups (broad SMARTS) is 1. The Kier molecular flexibility index (Phi) is 5.71. The van der Waals surface area contributed by atoms with Crippen molar-refractivity contribution in [3.05, 3.63) is 34.9 Å². The van der Waals surface area contributed by atoms with Crippen LogP contribution in [-0.2, 0) is 11.2 Å². The fraction of sp³-hybridized carbons (Fsp3) is 0.591. The van der Waals surface area contributed by atoms with Gasteiger partial charge in [0.1, 0.15) is 5.75 Å². The summed E-state index contributed by atoms with van der Waals surface area (Å²) in [5, 5.41) is 9.02. The molecule has 0 unspecified atom stereocenters. The maximum absolute atomic E-state index is 11.0. The highest BCUT2D eigenvalue weighted by molar-refractivity contribution is 5.71. The standard InChI is InChI=1S/C22H31NO3/c1-14(2)7-16(4)26-21-6-5-17-9-19(15(3)8-18(17)10-21)11-23-12-20(13-23)22(24)25/h5-6,9-10,14-16,20H,7-8,11-13H2,1-4H3,(H,24,25)/t15-,16-/m1/s1. The van der Waals surface area contributed by atoms with E-state index in [2.05, 4.69) is 56.9 Å². The van der Waals surface area contributed by atoms with Crippen LogP contribution in [0.15, 0.2) is 23.8 Å². The minimum Gasteiger partial charge on any atom is -0.491 e. The lowest BCUT2D eigenvalue weighted by atomic mass is 9.83. The summed E-state index contributed by atoms with van der Waals surface area (Å²) in [6, 6.07) is 6.43. The highest BCUT2D eigenvalue weighted by Gasteiger charge is 2.33. The minimum atomic E-state index is -0.670. The molecule has 4 heteroatoms. The highest BCUT2D eigenvalue weighted by Crippen LogP contribution is 2.33. The summed E-state index contributed by atoms with van der Waals surface area (Å²) in [5.74, 6) is 1.23. The third-order valence-electron chi connectivity index (χ3n) is 5.47. The van der Waals surface area contributed by atoms with Gasteiger partial charge in [-0.15, -0.1) is 0 Å². The predicted octanol–water partition coefficient (Wildman–Crippen LogP) is 4.09. The maximum Gasteiger partial charge on any atom is 0.309 e. The first-order chi connectivity index (χ1) is 12.3. The van der Waals surface area contributed by atoms with Crippen molar-refractivity contribution in [1.82, 2.24) is 4.90 Å². The first-order valence-electron chi connectivity index (χ1n) is 9.77. The van der Waals surface area contributed by atoms with E-state index in [1.165, 1.54) is 16.7 Å². The van der Waals surface area contributed by atoms with Crippen LogP contribution in [0.2, 0.25) is 0 Å². The number of likely N-dealkylation sites (tertiary alicyclic amines) is 1. The van der Waals surface area contributed by atoms with Gasteiger partial charge < -0.3 is 9.84 Å². The molecular weight excluding hydrogens is 326 g/mol. The minimum absolute atomic E-state index is 0.186. The Labute approximate surface area is 156 Å². The van der Waals surface area contributed by atoms with E-state index < -0.39 is 5.97 Å². The summed E-state index contributed by atoms with van der Waals surface area (Å²) in [6.07, 6.45) is 4.60. The lowest BCUT2D eigenvalue weighted by molar-refractivity contribution is -0.147. The number of rotatable bonds is 7. The number of aliphatic carboxylic acids is 1. The van der Waals surface area contributed by atoms with E-state index in [0.717, 1.165) is 25.1 Å². The second-order valence-electron chi connectivity index (χ2n) is 8.47. The van der Waals surface area contributed by atoms with Crippen LogP contribution in [0.4, 0.5) is 0 Å². The molecule has 1 aliphatic heterocycles. The van der Waals surface area contributed by atoms with Crippen molar-refractivity contribution >= 4 is 12.0 Å². The van der Waals surface area contributed by atoms with Crippen LogP contribution in [0.3, 0.4) is 0 Å². The SMILES string of the molecule is CC(C)C[C@@H](C)Oc1ccc2c(c1)C[C@@H](C)C(CN1CC(C(=O)O)C1)=C2. The van der Waals surface area contributed by atoms with Gasteiger partial charge in [-0.3, -0.25) is 9.69 Å². The van der Waals surface area contributed by atoms with Crippen LogP contribution in [0.5, 0.6) is 5.75 Å². The maximum atomic E-state index is 11.0. The van der Waals surface area contributed by atoms with Gasteiger partial charge >= 0.3 is 5.97 Å². The third kappa shape index (κ3) is 4.47. The molecule has 1 aromatic rings. The summed E-state index contributed by atoms with van der Waals surface area (Å²) in [4.78, 5) is 13.2. The van der Waals surface area contributed by atoms with Crippen LogP contribution in [0.25, 0.3) is 6.08 Å². The Morgan fingerprint density at radius 1 is 1.31 bits per heavy atom. The van der Waals surface area contributed by atoms with Crippen LogP contribution in [0.1, 0.15) is 45.2 Å². The van der Waals surface area contributed by atoms with Crippen molar-refractivity contribution in [3.63, 3.8) is 0 Å². The van der Waals surface area contributed by atoms with Crippen molar-refractivity contribution in [2.75, 3.05) is 19.6 Å². The second kappa shape index (κ2) is 7.83. The molecule has 0 bridgehead atoms. The molecule has 0 amide bonds. The number of hydrogen-bond donors (Lipinski definition) is 1. The molecule has 142 valence electrons. The molecule has 1 heterocycles. The van der Waals surface area contributed by atoms with E-state index in [9.17, 15) is 4.79 Å². The zero-order chi connectivity index (χ0) is 18.8. The van der Waals surface area contributed by atoms with E-state index in [1.54, 1.807) is 0 Å². The Morgan fingerprint density at radius 2 is 2.04 bits per heavy atom. The van der Waals surface area contributed by atoms with Gasteiger partial charge in [-0.1, -0.05) is 38.5 Å². The van der Waals surface area contributed by atoms with Crippen LogP contribution < -0.4 is 4.74 Å².